The smallest absolute Gasteiger partial charge is 0.343 e. The lowest BCUT2D eigenvalue weighted by Crippen LogP contribution is -2.37. The van der Waals surface area contributed by atoms with Crippen molar-refractivity contribution in [2.45, 2.75) is 41.6 Å². The lowest BCUT2D eigenvalue weighted by atomic mass is 10.1. The maximum absolute atomic E-state index is 12.1. The monoisotopic (exact) mass is 476 g/mol. The quantitative estimate of drug-likeness (QED) is 0.253. The van der Waals surface area contributed by atoms with Gasteiger partial charge in [0.1, 0.15) is 21.5 Å². The molecule has 24 heavy (non-hydrogen) atoms. The van der Waals surface area contributed by atoms with Crippen LogP contribution < -0.4 is 11.2 Å². The Kier molecular flexibility index (Phi) is 5.75. The minimum absolute atomic E-state index is 0.451. The summed E-state index contributed by atoms with van der Waals surface area (Å²) in [6.07, 6.45) is -4.18. The highest BCUT2D eigenvalue weighted by Crippen LogP contribution is 2.59. The molecule has 136 valence electrons. The summed E-state index contributed by atoms with van der Waals surface area (Å²) >= 11 is 1.77. The van der Waals surface area contributed by atoms with Crippen LogP contribution in [0.4, 0.5) is 0 Å². The van der Waals surface area contributed by atoms with Crippen LogP contribution in [-0.4, -0.2) is 52.7 Å². The zero-order chi connectivity index (χ0) is 18.3. The highest BCUT2D eigenvalue weighted by Gasteiger charge is 2.46. The Morgan fingerprint density at radius 3 is 2.58 bits per heavy atom. The topological polar surface area (TPSA) is 151 Å². The molecule has 1 fully saturated rings. The first-order chi connectivity index (χ1) is 10.9. The Morgan fingerprint density at radius 1 is 1.42 bits per heavy atom. The van der Waals surface area contributed by atoms with E-state index in [1.807, 2.05) is 4.98 Å². The molecule has 1 aliphatic rings. The zero-order valence-electron chi connectivity index (χ0n) is 12.8. The molecule has 0 radical (unpaired) electrons. The number of alkyl halides is 1. The molecule has 2 rings (SSSR count). The summed E-state index contributed by atoms with van der Waals surface area (Å²) in [5, 5.41) is 20.1. The van der Waals surface area contributed by atoms with E-state index in [1.54, 1.807) is 22.6 Å². The molecule has 10 nitrogen and oxygen atoms in total. The van der Waals surface area contributed by atoms with E-state index in [0.29, 0.717) is 0 Å². The van der Waals surface area contributed by atoms with Gasteiger partial charge in [0, 0.05) is 12.3 Å². The predicted molar refractivity (Wildman–Crippen MR) is 91.1 cm³/mol. The number of halogens is 1. The van der Waals surface area contributed by atoms with E-state index in [1.165, 1.54) is 13.8 Å². The number of aromatic amines is 1. The molecular weight excluding hydrogens is 458 g/mol. The van der Waals surface area contributed by atoms with Crippen molar-refractivity contribution >= 4 is 30.2 Å². The van der Waals surface area contributed by atoms with Crippen LogP contribution >= 0.6 is 30.2 Å². The van der Waals surface area contributed by atoms with Gasteiger partial charge in [0.15, 0.2) is 6.23 Å². The number of nitrogens with one attached hydrogen (secondary N) is 1. The Bertz CT molecular complexity index is 756. The standard InChI is InChI=1S/C12H18IN2O8P/c1-12(2,13)24(20,21)22-5-6-8(17)9(18)10(23-6)15-4-3-7(16)14-11(15)19/h3-4,6,8-10,17-18H,5H2,1-2H3,(H,20,21)(H,14,16,19)/t6-,8+,9+,10-/m1/s1. The summed E-state index contributed by atoms with van der Waals surface area (Å²) in [4.78, 5) is 34.7. The van der Waals surface area contributed by atoms with Crippen LogP contribution in [-0.2, 0) is 13.8 Å². The van der Waals surface area contributed by atoms with Gasteiger partial charge >= 0.3 is 13.3 Å². The number of nitrogens with zero attached hydrogens (tertiary/aromatic N) is 1. The summed E-state index contributed by atoms with van der Waals surface area (Å²) in [7, 11) is -3.98. The molecule has 0 aliphatic carbocycles. The average Bonchev–Trinajstić information content (AvgIpc) is 2.72. The summed E-state index contributed by atoms with van der Waals surface area (Å²) in [6.45, 7) is 2.57. The van der Waals surface area contributed by atoms with Gasteiger partial charge in [0.2, 0.25) is 0 Å². The molecule has 0 spiro atoms. The summed E-state index contributed by atoms with van der Waals surface area (Å²) in [5.41, 5.74) is -1.43. The summed E-state index contributed by atoms with van der Waals surface area (Å²) in [6, 6.07) is 1.06. The second kappa shape index (κ2) is 6.98. The van der Waals surface area contributed by atoms with Crippen molar-refractivity contribution in [3.8, 4) is 0 Å². The van der Waals surface area contributed by atoms with Gasteiger partial charge in [-0.1, -0.05) is 22.6 Å². The number of aliphatic hydroxyl groups is 2. The third-order valence-corrected chi connectivity index (χ3v) is 7.22. The maximum Gasteiger partial charge on any atom is 0.343 e. The van der Waals surface area contributed by atoms with Gasteiger partial charge in [-0.05, 0) is 13.8 Å². The molecule has 0 saturated carbocycles. The fourth-order valence-electron chi connectivity index (χ4n) is 2.05. The minimum Gasteiger partial charge on any atom is -0.387 e. The van der Waals surface area contributed by atoms with Crippen LogP contribution in [0.15, 0.2) is 21.9 Å². The molecule has 5 atom stereocenters. The van der Waals surface area contributed by atoms with Crippen molar-refractivity contribution in [3.05, 3.63) is 33.1 Å². The number of H-pyrrole nitrogens is 1. The van der Waals surface area contributed by atoms with Gasteiger partial charge in [0.25, 0.3) is 5.56 Å². The van der Waals surface area contributed by atoms with Crippen molar-refractivity contribution < 1.29 is 28.9 Å². The number of hydrogen-bond acceptors (Lipinski definition) is 7. The number of rotatable bonds is 5. The molecule has 12 heteroatoms. The normalized spacial score (nSPS) is 30.2. The number of hydrogen-bond donors (Lipinski definition) is 4. The van der Waals surface area contributed by atoms with Crippen molar-refractivity contribution in [3.63, 3.8) is 0 Å². The van der Waals surface area contributed by atoms with Crippen molar-refractivity contribution in [2.24, 2.45) is 0 Å². The van der Waals surface area contributed by atoms with E-state index < -0.39 is 53.2 Å². The Labute approximate surface area is 150 Å². The summed E-state index contributed by atoms with van der Waals surface area (Å²) in [5.74, 6) is 0. The lowest BCUT2D eigenvalue weighted by Gasteiger charge is -2.25. The van der Waals surface area contributed by atoms with Gasteiger partial charge in [-0.25, -0.2) is 4.79 Å². The fraction of sp³-hybridized carbons (Fsp3) is 0.667. The predicted octanol–water partition coefficient (Wildman–Crippen LogP) is -0.471. The molecule has 4 N–H and O–H groups in total. The first-order valence-electron chi connectivity index (χ1n) is 6.93. The molecule has 0 amide bonds. The van der Waals surface area contributed by atoms with Crippen molar-refractivity contribution in [1.82, 2.24) is 9.55 Å². The van der Waals surface area contributed by atoms with E-state index in [9.17, 15) is 29.3 Å². The van der Waals surface area contributed by atoms with Gasteiger partial charge in [-0.15, -0.1) is 0 Å². The Morgan fingerprint density at radius 2 is 2.04 bits per heavy atom. The van der Waals surface area contributed by atoms with Crippen LogP contribution in [0.25, 0.3) is 0 Å². The van der Waals surface area contributed by atoms with Crippen LogP contribution in [0, 0.1) is 0 Å². The average molecular weight is 476 g/mol. The Hall–Kier alpha value is -0.560. The Balaban J connectivity index is 2.14. The zero-order valence-corrected chi connectivity index (χ0v) is 15.9. The SMILES string of the molecule is CC(C)(I)P(=O)(O)OC[C@H]1O[C@@H](n2ccc(=O)[nH]c2=O)[C@@H](O)[C@H]1O. The van der Waals surface area contributed by atoms with Gasteiger partial charge in [0.05, 0.1) is 6.61 Å². The molecule has 2 heterocycles. The third kappa shape index (κ3) is 3.98. The van der Waals surface area contributed by atoms with Crippen LogP contribution in [0.1, 0.15) is 20.1 Å². The summed E-state index contributed by atoms with van der Waals surface area (Å²) < 4.78 is 22.3. The molecule has 1 unspecified atom stereocenters. The van der Waals surface area contributed by atoms with Crippen molar-refractivity contribution in [1.29, 1.82) is 0 Å². The highest BCUT2D eigenvalue weighted by atomic mass is 127. The minimum atomic E-state index is -3.98. The second-order valence-corrected chi connectivity index (χ2v) is 11.8. The maximum atomic E-state index is 12.1. The molecule has 1 aromatic heterocycles. The molecule has 1 aromatic rings. The molecular formula is C12H18IN2O8P. The molecule has 0 aromatic carbocycles. The van der Waals surface area contributed by atoms with Crippen LogP contribution in [0.5, 0.6) is 0 Å². The van der Waals surface area contributed by atoms with Gasteiger partial charge < -0.3 is 24.4 Å². The van der Waals surface area contributed by atoms with Crippen LogP contribution in [0.2, 0.25) is 0 Å². The first-order valence-corrected chi connectivity index (χ1v) is 9.59. The van der Waals surface area contributed by atoms with E-state index in [-0.39, 0.29) is 0 Å². The second-order valence-electron chi connectivity index (χ2n) is 5.79. The van der Waals surface area contributed by atoms with E-state index in [2.05, 4.69) is 0 Å². The fourth-order valence-corrected chi connectivity index (χ4v) is 3.13. The van der Waals surface area contributed by atoms with Crippen molar-refractivity contribution in [2.75, 3.05) is 6.61 Å². The van der Waals surface area contributed by atoms with E-state index >= 15 is 0 Å². The van der Waals surface area contributed by atoms with E-state index in [0.717, 1.165) is 16.8 Å². The lowest BCUT2D eigenvalue weighted by molar-refractivity contribution is -0.0527. The number of ether oxygens (including phenoxy) is 1. The first kappa shape index (κ1) is 19.8. The molecule has 1 aliphatic heterocycles. The highest BCUT2D eigenvalue weighted by molar-refractivity contribution is 14.1. The molecule has 0 bridgehead atoms. The van der Waals surface area contributed by atoms with Crippen LogP contribution in [0.3, 0.4) is 0 Å². The van der Waals surface area contributed by atoms with Gasteiger partial charge in [-0.2, -0.15) is 0 Å². The van der Waals surface area contributed by atoms with E-state index in [4.69, 9.17) is 9.26 Å². The van der Waals surface area contributed by atoms with Gasteiger partial charge in [-0.3, -0.25) is 18.9 Å². The number of aromatic nitrogens is 2. The molecule has 1 saturated heterocycles. The third-order valence-electron chi connectivity index (χ3n) is 3.55. The largest absolute Gasteiger partial charge is 0.387 e. The number of aliphatic hydroxyl groups excluding tert-OH is 2.